The first-order chi connectivity index (χ1) is 9.95. The molecule has 0 aromatic carbocycles. The van der Waals surface area contributed by atoms with E-state index < -0.39 is 0 Å². The van der Waals surface area contributed by atoms with Crippen molar-refractivity contribution in [2.45, 2.75) is 13.8 Å². The molecule has 106 valence electrons. The van der Waals surface area contributed by atoms with E-state index in [-0.39, 0.29) is 11.5 Å². The Labute approximate surface area is 124 Å². The molecule has 3 aromatic rings. The first-order valence-electron chi connectivity index (χ1n) is 6.06. The van der Waals surface area contributed by atoms with Crippen molar-refractivity contribution in [1.29, 1.82) is 5.26 Å². The number of nitriles is 1. The lowest BCUT2D eigenvalue weighted by molar-refractivity contribution is 0.727. The molecular formula is C12H11ClN8. The third-order valence-corrected chi connectivity index (χ3v) is 3.86. The molecule has 0 aliphatic rings. The van der Waals surface area contributed by atoms with Gasteiger partial charge < -0.3 is 5.73 Å². The lowest BCUT2D eigenvalue weighted by Gasteiger charge is -2.05. The smallest absolute Gasteiger partial charge is 0.206 e. The van der Waals surface area contributed by atoms with Gasteiger partial charge in [0.15, 0.2) is 17.3 Å². The Morgan fingerprint density at radius 2 is 2.05 bits per heavy atom. The molecule has 0 radical (unpaired) electrons. The number of nitrogens with two attached hydrogens (primary N) is 1. The number of aromatic nitrogens is 6. The highest BCUT2D eigenvalue weighted by Crippen LogP contribution is 2.31. The Bertz CT molecular complexity index is 914. The van der Waals surface area contributed by atoms with Gasteiger partial charge in [0.25, 0.3) is 0 Å². The predicted molar refractivity (Wildman–Crippen MR) is 77.0 cm³/mol. The highest BCUT2D eigenvalue weighted by molar-refractivity contribution is 6.32. The fourth-order valence-corrected chi connectivity index (χ4v) is 2.36. The van der Waals surface area contributed by atoms with Crippen molar-refractivity contribution < 1.29 is 0 Å². The van der Waals surface area contributed by atoms with Crippen LogP contribution in [0.2, 0.25) is 5.02 Å². The quantitative estimate of drug-likeness (QED) is 0.724. The second-order valence-electron chi connectivity index (χ2n) is 4.63. The largest absolute Gasteiger partial charge is 0.381 e. The van der Waals surface area contributed by atoms with Crippen LogP contribution in [0.1, 0.15) is 17.0 Å². The second kappa shape index (κ2) is 4.43. The zero-order valence-corrected chi connectivity index (χ0v) is 12.3. The summed E-state index contributed by atoms with van der Waals surface area (Å²) in [4.78, 5) is 4.44. The first-order valence-corrected chi connectivity index (χ1v) is 6.44. The van der Waals surface area contributed by atoms with Gasteiger partial charge in [-0.2, -0.15) is 15.0 Å². The molecule has 0 saturated carbocycles. The summed E-state index contributed by atoms with van der Waals surface area (Å²) >= 11 is 6.27. The maximum Gasteiger partial charge on any atom is 0.206 e. The summed E-state index contributed by atoms with van der Waals surface area (Å²) in [5, 5.41) is 22.2. The highest BCUT2D eigenvalue weighted by atomic mass is 35.5. The van der Waals surface area contributed by atoms with Gasteiger partial charge in [-0.3, -0.25) is 0 Å². The van der Waals surface area contributed by atoms with E-state index in [0.717, 1.165) is 16.6 Å². The van der Waals surface area contributed by atoms with E-state index in [1.54, 1.807) is 11.7 Å². The van der Waals surface area contributed by atoms with Gasteiger partial charge in [-0.15, -0.1) is 5.10 Å². The lowest BCUT2D eigenvalue weighted by Crippen LogP contribution is -2.04. The molecule has 0 aliphatic carbocycles. The number of anilines is 1. The summed E-state index contributed by atoms with van der Waals surface area (Å²) in [5.41, 5.74) is 8.15. The van der Waals surface area contributed by atoms with E-state index in [0.29, 0.717) is 16.5 Å². The molecule has 0 aliphatic heterocycles. The van der Waals surface area contributed by atoms with Crippen molar-refractivity contribution in [2.75, 3.05) is 5.73 Å². The van der Waals surface area contributed by atoms with Crippen LogP contribution in [0.5, 0.6) is 0 Å². The third kappa shape index (κ3) is 1.75. The van der Waals surface area contributed by atoms with Gasteiger partial charge in [-0.1, -0.05) is 16.8 Å². The number of fused-ring (bicyclic) bond motifs is 1. The van der Waals surface area contributed by atoms with Crippen LogP contribution in [0.3, 0.4) is 0 Å². The molecule has 8 nitrogen and oxygen atoms in total. The number of hydrogen-bond donors (Lipinski definition) is 1. The molecule has 0 amide bonds. The molecule has 21 heavy (non-hydrogen) atoms. The zero-order chi connectivity index (χ0) is 15.3. The molecule has 0 bridgehead atoms. The van der Waals surface area contributed by atoms with Gasteiger partial charge in [-0.25, -0.2) is 9.67 Å². The van der Waals surface area contributed by atoms with Crippen LogP contribution >= 0.6 is 11.6 Å². The summed E-state index contributed by atoms with van der Waals surface area (Å²) in [7, 11) is 1.77. The lowest BCUT2D eigenvalue weighted by atomic mass is 10.1. The van der Waals surface area contributed by atoms with Crippen LogP contribution in [-0.2, 0) is 7.05 Å². The molecule has 0 saturated heterocycles. The van der Waals surface area contributed by atoms with Gasteiger partial charge in [0.05, 0.1) is 16.1 Å². The van der Waals surface area contributed by atoms with E-state index in [2.05, 4.69) is 20.4 Å². The minimum atomic E-state index is 0.0534. The fraction of sp³-hybridized carbons (Fsp3) is 0.250. The highest BCUT2D eigenvalue weighted by Gasteiger charge is 2.21. The Balaban J connectivity index is 2.42. The number of nitrogen functional groups attached to an aromatic ring is 1. The van der Waals surface area contributed by atoms with Crippen molar-refractivity contribution in [3.63, 3.8) is 0 Å². The number of nitrogens with zero attached hydrogens (tertiary/aromatic N) is 7. The Morgan fingerprint density at radius 3 is 2.67 bits per heavy atom. The summed E-state index contributed by atoms with van der Waals surface area (Å²) in [6.45, 7) is 3.71. The molecule has 0 unspecified atom stereocenters. The molecule has 3 aromatic heterocycles. The molecule has 9 heteroatoms. The van der Waals surface area contributed by atoms with Crippen LogP contribution in [0.4, 0.5) is 5.82 Å². The Kier molecular flexibility index (Phi) is 2.81. The molecule has 3 rings (SSSR count). The summed E-state index contributed by atoms with van der Waals surface area (Å²) < 4.78 is 2.94. The van der Waals surface area contributed by atoms with Gasteiger partial charge >= 0.3 is 0 Å². The SMILES string of the molecule is Cc1nc2c(c(-n3nnc(C#N)c3N)nn2C)c(C)c1Cl. The van der Waals surface area contributed by atoms with Crippen molar-refractivity contribution in [2.24, 2.45) is 7.05 Å². The van der Waals surface area contributed by atoms with Crippen LogP contribution in [0, 0.1) is 25.2 Å². The number of halogens is 1. The normalized spacial score (nSPS) is 11.0. The third-order valence-electron chi connectivity index (χ3n) is 3.31. The van der Waals surface area contributed by atoms with E-state index in [9.17, 15) is 0 Å². The predicted octanol–water partition coefficient (Wildman–Crippen LogP) is 1.27. The maximum atomic E-state index is 8.93. The van der Waals surface area contributed by atoms with E-state index in [1.807, 2.05) is 19.9 Å². The van der Waals surface area contributed by atoms with Crippen molar-refractivity contribution in [3.05, 3.63) is 22.0 Å². The zero-order valence-electron chi connectivity index (χ0n) is 11.6. The average Bonchev–Trinajstić information content (AvgIpc) is 2.97. The topological polar surface area (TPSA) is 111 Å². The molecule has 0 fully saturated rings. The number of rotatable bonds is 1. The summed E-state index contributed by atoms with van der Waals surface area (Å²) in [6, 6.07) is 1.88. The maximum absolute atomic E-state index is 8.93. The molecular weight excluding hydrogens is 292 g/mol. The van der Waals surface area contributed by atoms with Crippen LogP contribution in [0.15, 0.2) is 0 Å². The van der Waals surface area contributed by atoms with E-state index in [1.165, 1.54) is 4.68 Å². The molecule has 3 heterocycles. The number of pyridine rings is 1. The summed E-state index contributed by atoms with van der Waals surface area (Å²) in [6.07, 6.45) is 0. The fourth-order valence-electron chi connectivity index (χ4n) is 2.23. The van der Waals surface area contributed by atoms with Gasteiger partial charge in [-0.05, 0) is 19.4 Å². The molecule has 2 N–H and O–H groups in total. The van der Waals surface area contributed by atoms with E-state index >= 15 is 0 Å². The Morgan fingerprint density at radius 1 is 1.33 bits per heavy atom. The van der Waals surface area contributed by atoms with Crippen LogP contribution < -0.4 is 5.73 Å². The number of hydrogen-bond acceptors (Lipinski definition) is 6. The van der Waals surface area contributed by atoms with E-state index in [4.69, 9.17) is 22.6 Å². The second-order valence-corrected chi connectivity index (χ2v) is 5.01. The van der Waals surface area contributed by atoms with Crippen molar-refractivity contribution >= 4 is 28.5 Å². The van der Waals surface area contributed by atoms with Gasteiger partial charge in [0.1, 0.15) is 6.07 Å². The number of aryl methyl sites for hydroxylation is 3. The minimum absolute atomic E-state index is 0.0534. The molecule has 0 atom stereocenters. The minimum Gasteiger partial charge on any atom is -0.381 e. The van der Waals surface area contributed by atoms with Crippen molar-refractivity contribution in [3.8, 4) is 11.9 Å². The van der Waals surface area contributed by atoms with Gasteiger partial charge in [0.2, 0.25) is 5.69 Å². The standard InChI is InChI=1S/C12H11ClN8/c1-5-8-11(16-6(2)9(5)13)20(3)18-12(8)21-10(15)7(4-14)17-19-21/h15H2,1-3H3. The van der Waals surface area contributed by atoms with Crippen LogP contribution in [-0.4, -0.2) is 29.8 Å². The summed E-state index contributed by atoms with van der Waals surface area (Å²) in [5.74, 6) is 0.583. The van der Waals surface area contributed by atoms with Crippen LogP contribution in [0.25, 0.3) is 16.9 Å². The monoisotopic (exact) mass is 302 g/mol. The van der Waals surface area contributed by atoms with Crippen molar-refractivity contribution in [1.82, 2.24) is 29.8 Å². The molecule has 0 spiro atoms. The van der Waals surface area contributed by atoms with Gasteiger partial charge in [0, 0.05) is 7.05 Å². The average molecular weight is 303 g/mol. The first kappa shape index (κ1) is 13.3. The Hall–Kier alpha value is -2.66.